The molecule has 100 valence electrons. The van der Waals surface area contributed by atoms with Crippen molar-refractivity contribution in [2.45, 2.75) is 31.7 Å². The Morgan fingerprint density at radius 3 is 2.68 bits per heavy atom. The molecule has 0 spiro atoms. The second-order valence-electron chi connectivity index (χ2n) is 4.84. The maximum absolute atomic E-state index is 13.3. The Labute approximate surface area is 110 Å². The third-order valence-electron chi connectivity index (χ3n) is 3.51. The minimum absolute atomic E-state index is 0.423. The number of nitrogens with one attached hydrogen (secondary N) is 1. The van der Waals surface area contributed by atoms with E-state index in [1.807, 2.05) is 0 Å². The lowest BCUT2D eigenvalue weighted by atomic mass is 10.2. The van der Waals surface area contributed by atoms with E-state index in [0.29, 0.717) is 17.7 Å². The van der Waals surface area contributed by atoms with Crippen LogP contribution in [-0.2, 0) is 0 Å². The largest absolute Gasteiger partial charge is 0.353 e. The van der Waals surface area contributed by atoms with E-state index in [1.54, 1.807) is 23.0 Å². The third kappa shape index (κ3) is 2.45. The molecule has 1 N–H and O–H groups in total. The molecule has 0 saturated heterocycles. The highest BCUT2D eigenvalue weighted by atomic mass is 19.2. The molecule has 1 aromatic heterocycles. The summed E-state index contributed by atoms with van der Waals surface area (Å²) in [5.41, 5.74) is 0.567. The molecule has 0 aliphatic heterocycles. The number of hydrogen-bond acceptors (Lipinski definition) is 2. The smallest absolute Gasteiger partial charge is 0.207 e. The van der Waals surface area contributed by atoms with Gasteiger partial charge in [0.1, 0.15) is 0 Å². The fourth-order valence-electron chi connectivity index (χ4n) is 2.51. The second-order valence-corrected chi connectivity index (χ2v) is 4.84. The van der Waals surface area contributed by atoms with Crippen molar-refractivity contribution in [2.75, 3.05) is 5.32 Å². The second kappa shape index (κ2) is 4.99. The van der Waals surface area contributed by atoms with Gasteiger partial charge in [-0.1, -0.05) is 12.8 Å². The summed E-state index contributed by atoms with van der Waals surface area (Å²) in [6.45, 7) is 0. The van der Waals surface area contributed by atoms with Gasteiger partial charge in [0, 0.05) is 24.5 Å². The van der Waals surface area contributed by atoms with Gasteiger partial charge in [0.05, 0.1) is 5.69 Å². The van der Waals surface area contributed by atoms with Crippen LogP contribution in [0, 0.1) is 11.6 Å². The zero-order chi connectivity index (χ0) is 13.2. The van der Waals surface area contributed by atoms with E-state index in [1.165, 1.54) is 18.9 Å². The Kier molecular flexibility index (Phi) is 3.19. The molecule has 1 saturated carbocycles. The van der Waals surface area contributed by atoms with E-state index in [4.69, 9.17) is 0 Å². The number of rotatable bonds is 3. The Morgan fingerprint density at radius 1 is 1.16 bits per heavy atom. The predicted molar refractivity (Wildman–Crippen MR) is 69.4 cm³/mol. The van der Waals surface area contributed by atoms with Crippen LogP contribution in [0.2, 0.25) is 0 Å². The molecule has 19 heavy (non-hydrogen) atoms. The Balaban J connectivity index is 1.87. The van der Waals surface area contributed by atoms with E-state index < -0.39 is 11.6 Å². The molecule has 0 unspecified atom stereocenters. The lowest BCUT2D eigenvalue weighted by Crippen LogP contribution is -2.17. The lowest BCUT2D eigenvalue weighted by Gasteiger charge is -2.14. The highest BCUT2D eigenvalue weighted by Crippen LogP contribution is 2.23. The van der Waals surface area contributed by atoms with Gasteiger partial charge in [-0.2, -0.15) is 0 Å². The van der Waals surface area contributed by atoms with Crippen molar-refractivity contribution in [1.29, 1.82) is 0 Å². The highest BCUT2D eigenvalue weighted by molar-refractivity contribution is 5.42. The average molecular weight is 263 g/mol. The monoisotopic (exact) mass is 263 g/mol. The summed E-state index contributed by atoms with van der Waals surface area (Å²) in [5.74, 6) is -1.01. The zero-order valence-electron chi connectivity index (χ0n) is 10.4. The molecule has 0 atom stereocenters. The SMILES string of the molecule is Fc1ccc(-n2ccnc2NC2CCCC2)cc1F. The average Bonchev–Trinajstić information content (AvgIpc) is 3.05. The molecule has 3 nitrogen and oxygen atoms in total. The first kappa shape index (κ1) is 12.1. The topological polar surface area (TPSA) is 29.9 Å². The van der Waals surface area contributed by atoms with Crippen molar-refractivity contribution < 1.29 is 8.78 Å². The summed E-state index contributed by atoms with van der Waals surface area (Å²) in [7, 11) is 0. The van der Waals surface area contributed by atoms with Crippen molar-refractivity contribution >= 4 is 5.95 Å². The summed E-state index contributed by atoms with van der Waals surface area (Å²) in [6.07, 6.45) is 8.10. The van der Waals surface area contributed by atoms with Crippen LogP contribution in [0.1, 0.15) is 25.7 Å². The van der Waals surface area contributed by atoms with E-state index in [-0.39, 0.29) is 0 Å². The Hall–Kier alpha value is -1.91. The third-order valence-corrected chi connectivity index (χ3v) is 3.51. The van der Waals surface area contributed by atoms with Gasteiger partial charge in [0.25, 0.3) is 0 Å². The normalized spacial score (nSPS) is 15.9. The first-order chi connectivity index (χ1) is 9.24. The van der Waals surface area contributed by atoms with Crippen LogP contribution < -0.4 is 5.32 Å². The summed E-state index contributed by atoms with van der Waals surface area (Å²) >= 11 is 0. The van der Waals surface area contributed by atoms with Crippen LogP contribution >= 0.6 is 0 Å². The summed E-state index contributed by atoms with van der Waals surface area (Å²) in [6, 6.07) is 4.27. The molecule has 0 amide bonds. The van der Waals surface area contributed by atoms with Crippen LogP contribution in [0.5, 0.6) is 0 Å². The first-order valence-electron chi connectivity index (χ1n) is 6.49. The molecule has 0 radical (unpaired) electrons. The van der Waals surface area contributed by atoms with Crippen LogP contribution in [-0.4, -0.2) is 15.6 Å². The highest BCUT2D eigenvalue weighted by Gasteiger charge is 2.17. The number of imidazole rings is 1. The van der Waals surface area contributed by atoms with Gasteiger partial charge in [0.15, 0.2) is 11.6 Å². The molecular weight excluding hydrogens is 248 g/mol. The molecule has 1 aliphatic rings. The van der Waals surface area contributed by atoms with Gasteiger partial charge in [0.2, 0.25) is 5.95 Å². The van der Waals surface area contributed by atoms with E-state index in [2.05, 4.69) is 10.3 Å². The van der Waals surface area contributed by atoms with Crippen LogP contribution in [0.25, 0.3) is 5.69 Å². The molecule has 1 fully saturated rings. The quantitative estimate of drug-likeness (QED) is 0.918. The van der Waals surface area contributed by atoms with Crippen molar-refractivity contribution in [2.24, 2.45) is 0 Å². The molecule has 2 aromatic rings. The number of aromatic nitrogens is 2. The Morgan fingerprint density at radius 2 is 1.95 bits per heavy atom. The van der Waals surface area contributed by atoms with E-state index in [0.717, 1.165) is 18.9 Å². The molecule has 1 aromatic carbocycles. The van der Waals surface area contributed by atoms with E-state index in [9.17, 15) is 8.78 Å². The maximum atomic E-state index is 13.3. The molecular formula is C14H15F2N3. The number of anilines is 1. The summed E-state index contributed by atoms with van der Waals surface area (Å²) in [4.78, 5) is 4.24. The molecule has 1 heterocycles. The van der Waals surface area contributed by atoms with Crippen LogP contribution in [0.4, 0.5) is 14.7 Å². The molecule has 1 aliphatic carbocycles. The number of benzene rings is 1. The fourth-order valence-corrected chi connectivity index (χ4v) is 2.51. The van der Waals surface area contributed by atoms with Crippen LogP contribution in [0.3, 0.4) is 0 Å². The van der Waals surface area contributed by atoms with Gasteiger partial charge >= 0.3 is 0 Å². The van der Waals surface area contributed by atoms with Crippen molar-refractivity contribution in [3.63, 3.8) is 0 Å². The summed E-state index contributed by atoms with van der Waals surface area (Å²) in [5, 5.41) is 3.36. The lowest BCUT2D eigenvalue weighted by molar-refractivity contribution is 0.508. The van der Waals surface area contributed by atoms with Crippen molar-refractivity contribution in [1.82, 2.24) is 9.55 Å². The van der Waals surface area contributed by atoms with Crippen molar-refractivity contribution in [3.05, 3.63) is 42.2 Å². The summed E-state index contributed by atoms with van der Waals surface area (Å²) < 4.78 is 28.0. The van der Waals surface area contributed by atoms with Crippen LogP contribution in [0.15, 0.2) is 30.6 Å². The van der Waals surface area contributed by atoms with Gasteiger partial charge in [-0.05, 0) is 25.0 Å². The molecule has 5 heteroatoms. The van der Waals surface area contributed by atoms with Crippen molar-refractivity contribution in [3.8, 4) is 5.69 Å². The number of hydrogen-bond donors (Lipinski definition) is 1. The minimum Gasteiger partial charge on any atom is -0.353 e. The minimum atomic E-state index is -0.849. The number of nitrogens with zero attached hydrogens (tertiary/aromatic N) is 2. The molecule has 0 bridgehead atoms. The van der Waals surface area contributed by atoms with Gasteiger partial charge < -0.3 is 5.32 Å². The molecule has 3 rings (SSSR count). The first-order valence-corrected chi connectivity index (χ1v) is 6.49. The van der Waals surface area contributed by atoms with Gasteiger partial charge in [-0.15, -0.1) is 0 Å². The standard InChI is InChI=1S/C14H15F2N3/c15-12-6-5-11(9-13(12)16)19-8-7-17-14(19)18-10-3-1-2-4-10/h5-10H,1-4H2,(H,17,18). The van der Waals surface area contributed by atoms with Gasteiger partial charge in [-0.25, -0.2) is 13.8 Å². The maximum Gasteiger partial charge on any atom is 0.207 e. The number of halogens is 2. The fraction of sp³-hybridized carbons (Fsp3) is 0.357. The zero-order valence-corrected chi connectivity index (χ0v) is 10.4. The predicted octanol–water partition coefficient (Wildman–Crippen LogP) is 3.51. The van der Waals surface area contributed by atoms with Gasteiger partial charge in [-0.3, -0.25) is 4.57 Å². The van der Waals surface area contributed by atoms with E-state index >= 15 is 0 Å². The Bertz CT molecular complexity index is 574.